The van der Waals surface area contributed by atoms with Crippen molar-refractivity contribution in [2.24, 2.45) is 17.3 Å². The number of carbonyl (C=O) groups excluding carboxylic acids is 1. The molecule has 9 rings (SSSR count). The molecule has 1 amide bonds. The number of H-pyrrole nitrogens is 1. The molecule has 5 heterocycles. The van der Waals surface area contributed by atoms with Crippen molar-refractivity contribution >= 4 is 72.6 Å². The summed E-state index contributed by atoms with van der Waals surface area (Å²) in [5, 5.41) is 16.7. The average molecular weight is 1010 g/mol. The average Bonchev–Trinajstić information content (AvgIpc) is 3.80. The molecule has 70 heavy (non-hydrogen) atoms. The monoisotopic (exact) mass is 1000 g/mol. The fourth-order valence-corrected chi connectivity index (χ4v) is 11.1. The van der Waals surface area contributed by atoms with Gasteiger partial charge in [-0.3, -0.25) is 19.8 Å². The summed E-state index contributed by atoms with van der Waals surface area (Å²) in [5.41, 5.74) is 3.21. The summed E-state index contributed by atoms with van der Waals surface area (Å²) in [7, 11) is -4.63. The van der Waals surface area contributed by atoms with E-state index in [2.05, 4.69) is 24.8 Å². The van der Waals surface area contributed by atoms with Gasteiger partial charge in [-0.1, -0.05) is 43.2 Å². The number of amides is 1. The van der Waals surface area contributed by atoms with E-state index in [1.807, 2.05) is 42.2 Å². The Morgan fingerprint density at radius 1 is 0.971 bits per heavy atom. The second-order valence-electron chi connectivity index (χ2n) is 19.3. The summed E-state index contributed by atoms with van der Waals surface area (Å²) in [5.74, 6) is -0.946. The number of allylic oxidation sites excluding steroid dienone is 1. The van der Waals surface area contributed by atoms with Gasteiger partial charge in [0, 0.05) is 80.8 Å². The van der Waals surface area contributed by atoms with Crippen molar-refractivity contribution in [2.75, 3.05) is 74.1 Å². The van der Waals surface area contributed by atoms with E-state index in [1.165, 1.54) is 26.0 Å². The Morgan fingerprint density at radius 3 is 2.43 bits per heavy atom. The molecule has 2 atom stereocenters. The van der Waals surface area contributed by atoms with Crippen LogP contribution in [-0.4, -0.2) is 105 Å². The van der Waals surface area contributed by atoms with Crippen LogP contribution in [-0.2, 0) is 14.8 Å². The van der Waals surface area contributed by atoms with Gasteiger partial charge in [-0.15, -0.1) is 0 Å². The number of fused-ring (bicyclic) bond motifs is 2. The van der Waals surface area contributed by atoms with Crippen molar-refractivity contribution in [3.8, 4) is 5.88 Å². The van der Waals surface area contributed by atoms with Gasteiger partial charge < -0.3 is 29.6 Å². The molecular formula is C50H56ClF3N8O7S. The van der Waals surface area contributed by atoms with E-state index in [0.29, 0.717) is 99.7 Å². The molecule has 2 aromatic heterocycles. The summed E-state index contributed by atoms with van der Waals surface area (Å²) in [6.45, 7) is 9.49. The third-order valence-electron chi connectivity index (χ3n) is 14.4. The zero-order valence-corrected chi connectivity index (χ0v) is 40.7. The molecule has 20 heteroatoms. The number of carbonyl (C=O) groups is 1. The molecule has 4 aliphatic rings. The molecule has 0 radical (unpaired) electrons. The first kappa shape index (κ1) is 49.1. The predicted molar refractivity (Wildman–Crippen MR) is 264 cm³/mol. The van der Waals surface area contributed by atoms with Crippen molar-refractivity contribution in [2.45, 2.75) is 70.1 Å². The van der Waals surface area contributed by atoms with Crippen LogP contribution in [0, 0.1) is 27.4 Å². The Kier molecular flexibility index (Phi) is 13.8. The molecule has 0 unspecified atom stereocenters. The van der Waals surface area contributed by atoms with Crippen LogP contribution < -0.4 is 24.6 Å². The van der Waals surface area contributed by atoms with Crippen LogP contribution in [0.5, 0.6) is 5.88 Å². The molecule has 0 bridgehead atoms. The summed E-state index contributed by atoms with van der Waals surface area (Å²) >= 11 is 6.23. The van der Waals surface area contributed by atoms with Crippen LogP contribution in [0.15, 0.2) is 89.5 Å². The highest BCUT2D eigenvalue weighted by atomic mass is 35.5. The molecule has 0 saturated carbocycles. The smallest absolute Gasteiger partial charge is 0.394 e. The number of ether oxygens (including phenoxy) is 2. The SMILES string of the molecule is C[C@@H]1CN(c2cc(N3CCN(CC4=C(c5ccc(Cl)cc5)C[C@H](C(C)(C)C(F)(F)F)CC4)CC3)ccc2C(=O)NS(=O)(=O)c2ccc(NCC3CCOCC3)c([N+](=O)[O-])c2)c2cc3cc[nH]c3nc2O1. The number of rotatable bonds is 13. The van der Waals surface area contributed by atoms with E-state index in [-0.39, 0.29) is 29.8 Å². The maximum Gasteiger partial charge on any atom is 0.394 e. The van der Waals surface area contributed by atoms with Gasteiger partial charge in [0.05, 0.1) is 33.0 Å². The van der Waals surface area contributed by atoms with Gasteiger partial charge in [-0.05, 0) is 117 Å². The number of anilines is 4. The normalized spacial score (nSPS) is 19.8. The topological polar surface area (TPSA) is 175 Å². The first-order valence-electron chi connectivity index (χ1n) is 23.6. The molecule has 3 N–H and O–H groups in total. The number of hydrogen-bond donors (Lipinski definition) is 3. The van der Waals surface area contributed by atoms with Crippen LogP contribution in [0.1, 0.15) is 68.8 Å². The van der Waals surface area contributed by atoms with Crippen molar-refractivity contribution in [3.05, 3.63) is 111 Å². The highest BCUT2D eigenvalue weighted by molar-refractivity contribution is 7.90. The first-order valence-corrected chi connectivity index (χ1v) is 25.4. The van der Waals surface area contributed by atoms with Crippen LogP contribution in [0.4, 0.5) is 41.6 Å². The van der Waals surface area contributed by atoms with Crippen molar-refractivity contribution in [1.82, 2.24) is 19.6 Å². The molecule has 0 spiro atoms. The zero-order chi connectivity index (χ0) is 49.5. The van der Waals surface area contributed by atoms with E-state index in [4.69, 9.17) is 26.1 Å². The van der Waals surface area contributed by atoms with Crippen molar-refractivity contribution in [3.63, 3.8) is 0 Å². The number of piperazine rings is 1. The Balaban J connectivity index is 0.981. The molecular weight excluding hydrogens is 949 g/mol. The lowest BCUT2D eigenvalue weighted by Crippen LogP contribution is -2.47. The fraction of sp³-hybridized carbons (Fsp3) is 0.440. The number of benzene rings is 3. The molecule has 3 aliphatic heterocycles. The number of nitrogens with one attached hydrogen (secondary N) is 3. The Bertz CT molecular complexity index is 2920. The van der Waals surface area contributed by atoms with Crippen molar-refractivity contribution < 1.29 is 40.8 Å². The van der Waals surface area contributed by atoms with Crippen LogP contribution in [0.3, 0.4) is 0 Å². The first-order chi connectivity index (χ1) is 33.3. The number of sulfonamides is 1. The van der Waals surface area contributed by atoms with E-state index in [9.17, 15) is 36.5 Å². The van der Waals surface area contributed by atoms with Crippen LogP contribution in [0.2, 0.25) is 5.02 Å². The van der Waals surface area contributed by atoms with Gasteiger partial charge >= 0.3 is 6.18 Å². The van der Waals surface area contributed by atoms with Gasteiger partial charge in [-0.25, -0.2) is 13.1 Å². The minimum Gasteiger partial charge on any atom is -0.471 e. The van der Waals surface area contributed by atoms with E-state index in [0.717, 1.165) is 46.7 Å². The second-order valence-corrected chi connectivity index (χ2v) is 21.4. The second kappa shape index (κ2) is 19.7. The number of alkyl halides is 3. The van der Waals surface area contributed by atoms with Crippen LogP contribution in [0.25, 0.3) is 16.6 Å². The number of nitro benzene ring substituents is 1. The molecule has 2 fully saturated rings. The maximum absolute atomic E-state index is 14.4. The lowest BCUT2D eigenvalue weighted by Gasteiger charge is -2.42. The number of aromatic amines is 1. The summed E-state index contributed by atoms with van der Waals surface area (Å²) in [6.07, 6.45) is -0.0907. The number of hydrogen-bond acceptors (Lipinski definition) is 12. The van der Waals surface area contributed by atoms with Gasteiger partial charge in [0.1, 0.15) is 23.1 Å². The maximum atomic E-state index is 14.4. The van der Waals surface area contributed by atoms with Crippen molar-refractivity contribution in [1.29, 1.82) is 0 Å². The number of nitrogens with zero attached hydrogens (tertiary/aromatic N) is 5. The number of halogens is 4. The molecule has 15 nitrogen and oxygen atoms in total. The van der Waals surface area contributed by atoms with Crippen LogP contribution >= 0.6 is 11.6 Å². The molecule has 3 aromatic carbocycles. The summed E-state index contributed by atoms with van der Waals surface area (Å²) in [6, 6.07) is 19.8. The number of aromatic nitrogens is 2. The van der Waals surface area contributed by atoms with Gasteiger partial charge in [0.25, 0.3) is 21.6 Å². The lowest BCUT2D eigenvalue weighted by molar-refractivity contribution is -0.384. The number of nitro groups is 1. The van der Waals surface area contributed by atoms with Gasteiger partial charge in [0.15, 0.2) is 0 Å². The van der Waals surface area contributed by atoms with E-state index >= 15 is 0 Å². The third-order valence-corrected chi connectivity index (χ3v) is 16.0. The van der Waals surface area contributed by atoms with E-state index < -0.39 is 48.9 Å². The van der Waals surface area contributed by atoms with Gasteiger partial charge in [0.2, 0.25) is 5.88 Å². The fourth-order valence-electron chi connectivity index (χ4n) is 10.0. The predicted octanol–water partition coefficient (Wildman–Crippen LogP) is 9.97. The largest absolute Gasteiger partial charge is 0.471 e. The van der Waals surface area contributed by atoms with E-state index in [1.54, 1.807) is 30.5 Å². The molecule has 1 aliphatic carbocycles. The summed E-state index contributed by atoms with van der Waals surface area (Å²) in [4.78, 5) is 39.7. The third kappa shape index (κ3) is 10.3. The Hall–Kier alpha value is -5.89. The lowest BCUT2D eigenvalue weighted by atomic mass is 9.68. The highest BCUT2D eigenvalue weighted by Gasteiger charge is 2.52. The minimum atomic E-state index is -4.63. The van der Waals surface area contributed by atoms with Gasteiger partial charge in [-0.2, -0.15) is 18.2 Å². The zero-order valence-electron chi connectivity index (χ0n) is 39.2. The number of pyridine rings is 1. The summed E-state index contributed by atoms with van der Waals surface area (Å²) < 4.78 is 84.5. The highest BCUT2D eigenvalue weighted by Crippen LogP contribution is 2.52. The Morgan fingerprint density at radius 2 is 1.71 bits per heavy atom. The standard InChI is InChI=1S/C50H56ClF3N8O7S/c1-31-29-61(45-24-34-14-17-55-46(34)57-48(45)69-31)43-26-38(10-12-40(43)47(63)58-70(66,67)39-11-13-42(44(27-39)62(64)65)56-28-32-15-22-68-23-16-32)60-20-18-59(19-21-60)30-35-4-7-36(49(2,3)50(52,53)54)25-41(35)33-5-8-37(51)9-6-33/h5-6,8-14,17,24,26-27,31-32,36,56H,4,7,15-16,18-23,25,28-30H2,1-3H3,(H,55,57)(H,58,63)/t31-,36-/m1/s1. The molecule has 5 aromatic rings. The molecule has 2 saturated heterocycles. The molecule has 372 valence electrons. The Labute approximate surface area is 409 Å². The quantitative estimate of drug-likeness (QED) is 0.0753. The minimum absolute atomic E-state index is 0.0374.